The third-order valence-corrected chi connectivity index (χ3v) is 11.3. The lowest BCUT2D eigenvalue weighted by Crippen LogP contribution is -2.30. The van der Waals surface area contributed by atoms with Gasteiger partial charge in [-0.25, -0.2) is 0 Å². The van der Waals surface area contributed by atoms with Crippen molar-refractivity contribution in [2.75, 3.05) is 0 Å². The van der Waals surface area contributed by atoms with Crippen LogP contribution in [0.1, 0.15) is 179 Å². The van der Waals surface area contributed by atoms with Crippen molar-refractivity contribution in [2.45, 2.75) is 178 Å². The molecule has 0 aromatic heterocycles. The molecule has 2 saturated carbocycles. The van der Waals surface area contributed by atoms with Crippen molar-refractivity contribution >= 4 is 11.8 Å². The Morgan fingerprint density at radius 3 is 1.16 bits per heavy atom. The van der Waals surface area contributed by atoms with Crippen molar-refractivity contribution in [3.05, 3.63) is 57.6 Å². The van der Waals surface area contributed by atoms with Gasteiger partial charge >= 0.3 is 0 Å². The average molecular weight is 607 g/mol. The van der Waals surface area contributed by atoms with Crippen molar-refractivity contribution in [2.24, 2.45) is 0 Å². The molecule has 2 N–H and O–H groups in total. The zero-order valence-electron chi connectivity index (χ0n) is 29.3. The molecule has 0 atom stereocenters. The van der Waals surface area contributed by atoms with Gasteiger partial charge in [-0.05, 0) is 94.6 Å². The molecule has 0 unspecified atom stereocenters. The van der Waals surface area contributed by atoms with E-state index in [2.05, 4.69) is 105 Å². The number of phenols is 2. The van der Waals surface area contributed by atoms with Gasteiger partial charge in [-0.2, -0.15) is 0 Å². The van der Waals surface area contributed by atoms with Gasteiger partial charge in [0.2, 0.25) is 0 Å². The standard InChI is InChI=1S/C40H62O2S/c1-37(2,3)33-23-27(21-31(35(33)41)29-17-13-11-14-18-29)25-39(7,8)43-40(9,10)26-28-22-32(30-19-15-12-16-20-30)36(42)34(24-28)38(4,5)6/h21-24,29-30,41-42H,11-20,25-26H2,1-10H3. The van der Waals surface area contributed by atoms with Crippen LogP contribution < -0.4 is 0 Å². The predicted molar refractivity (Wildman–Crippen MR) is 188 cm³/mol. The van der Waals surface area contributed by atoms with Crippen LogP contribution in [0, 0.1) is 0 Å². The Morgan fingerprint density at radius 2 is 0.860 bits per heavy atom. The molecule has 4 rings (SSSR count). The maximum Gasteiger partial charge on any atom is 0.122 e. The minimum Gasteiger partial charge on any atom is -0.507 e. The number of hydrogen-bond donors (Lipinski definition) is 2. The van der Waals surface area contributed by atoms with E-state index in [0.29, 0.717) is 23.3 Å². The molecule has 2 aromatic rings. The lowest BCUT2D eigenvalue weighted by atomic mass is 9.77. The van der Waals surface area contributed by atoms with Gasteiger partial charge < -0.3 is 10.2 Å². The first-order valence-electron chi connectivity index (χ1n) is 17.3. The Bertz CT molecular complexity index is 1150. The minimum absolute atomic E-state index is 0.0233. The van der Waals surface area contributed by atoms with Crippen LogP contribution in [0.2, 0.25) is 0 Å². The van der Waals surface area contributed by atoms with Crippen molar-refractivity contribution in [1.82, 2.24) is 0 Å². The normalized spacial score (nSPS) is 18.3. The van der Waals surface area contributed by atoms with E-state index in [1.54, 1.807) is 0 Å². The van der Waals surface area contributed by atoms with Gasteiger partial charge in [-0.3, -0.25) is 0 Å². The summed E-state index contributed by atoms with van der Waals surface area (Å²) in [5.41, 5.74) is 7.10. The summed E-state index contributed by atoms with van der Waals surface area (Å²) in [6, 6.07) is 9.29. The maximum atomic E-state index is 11.4. The van der Waals surface area contributed by atoms with E-state index in [9.17, 15) is 10.2 Å². The van der Waals surface area contributed by atoms with Gasteiger partial charge in [0.1, 0.15) is 11.5 Å². The highest BCUT2D eigenvalue weighted by atomic mass is 32.2. The number of phenolic OH excluding ortho intramolecular Hbond substituents is 2. The lowest BCUT2D eigenvalue weighted by molar-refractivity contribution is 0.402. The zero-order chi connectivity index (χ0) is 31.8. The lowest BCUT2D eigenvalue weighted by Gasteiger charge is -2.36. The molecular weight excluding hydrogens is 545 g/mol. The first kappa shape index (κ1) is 34.3. The molecule has 0 amide bonds. The minimum atomic E-state index is -0.0975. The average Bonchev–Trinajstić information content (AvgIpc) is 2.89. The molecule has 2 aromatic carbocycles. The molecule has 240 valence electrons. The highest BCUT2D eigenvalue weighted by molar-refractivity contribution is 8.01. The highest BCUT2D eigenvalue weighted by Crippen LogP contribution is 2.47. The summed E-state index contributed by atoms with van der Waals surface area (Å²) >= 11 is 2.09. The van der Waals surface area contributed by atoms with E-state index in [0.717, 1.165) is 24.0 Å². The van der Waals surface area contributed by atoms with E-state index in [-0.39, 0.29) is 20.3 Å². The van der Waals surface area contributed by atoms with Gasteiger partial charge in [0.25, 0.3) is 0 Å². The third kappa shape index (κ3) is 8.77. The second-order valence-corrected chi connectivity index (χ2v) is 19.7. The van der Waals surface area contributed by atoms with E-state index in [4.69, 9.17) is 0 Å². The second kappa shape index (κ2) is 13.0. The van der Waals surface area contributed by atoms with Crippen LogP contribution in [-0.2, 0) is 23.7 Å². The SMILES string of the molecule is CC(C)(Cc1cc(C2CCCCC2)c(O)c(C(C)(C)C)c1)SC(C)(C)Cc1cc(C2CCCCC2)c(O)c(C(C)(C)C)c1. The van der Waals surface area contributed by atoms with Gasteiger partial charge in [-0.15, -0.1) is 11.8 Å². The fraction of sp³-hybridized carbons (Fsp3) is 0.700. The van der Waals surface area contributed by atoms with Crippen LogP contribution in [-0.4, -0.2) is 19.7 Å². The molecule has 2 aliphatic rings. The number of thioether (sulfide) groups is 1. The molecule has 0 radical (unpaired) electrons. The summed E-state index contributed by atoms with van der Waals surface area (Å²) in [4.78, 5) is 0. The summed E-state index contributed by atoms with van der Waals surface area (Å²) < 4.78 is 0.0465. The Hall–Kier alpha value is -1.61. The maximum absolute atomic E-state index is 11.4. The van der Waals surface area contributed by atoms with Gasteiger partial charge in [0.15, 0.2) is 0 Å². The van der Waals surface area contributed by atoms with E-state index in [1.807, 2.05) is 0 Å². The zero-order valence-corrected chi connectivity index (χ0v) is 30.1. The Morgan fingerprint density at radius 1 is 0.535 bits per heavy atom. The van der Waals surface area contributed by atoms with Crippen molar-refractivity contribution in [3.8, 4) is 11.5 Å². The molecule has 2 fully saturated rings. The number of aromatic hydroxyl groups is 2. The van der Waals surface area contributed by atoms with Crippen LogP contribution >= 0.6 is 11.8 Å². The van der Waals surface area contributed by atoms with E-state index < -0.39 is 0 Å². The first-order valence-corrected chi connectivity index (χ1v) is 18.1. The molecule has 0 heterocycles. The summed E-state index contributed by atoms with van der Waals surface area (Å²) in [6.45, 7) is 22.9. The Balaban J connectivity index is 1.60. The van der Waals surface area contributed by atoms with Crippen LogP contribution in [0.5, 0.6) is 11.5 Å². The number of rotatable bonds is 8. The van der Waals surface area contributed by atoms with Crippen LogP contribution in [0.4, 0.5) is 0 Å². The topological polar surface area (TPSA) is 40.5 Å². The molecular formula is C40H62O2S. The Labute approximate surface area is 268 Å². The molecule has 0 spiro atoms. The predicted octanol–water partition coefficient (Wildman–Crippen LogP) is 11.9. The second-order valence-electron chi connectivity index (χ2n) is 17.3. The van der Waals surface area contributed by atoms with Gasteiger partial charge in [0, 0.05) is 9.49 Å². The summed E-state index contributed by atoms with van der Waals surface area (Å²) in [5, 5.41) is 22.9. The summed E-state index contributed by atoms with van der Waals surface area (Å²) in [7, 11) is 0. The Kier molecular flexibility index (Phi) is 10.4. The molecule has 0 saturated heterocycles. The smallest absolute Gasteiger partial charge is 0.122 e. The largest absolute Gasteiger partial charge is 0.507 e. The summed E-state index contributed by atoms with van der Waals surface area (Å²) in [6.07, 6.45) is 14.4. The van der Waals surface area contributed by atoms with Crippen molar-refractivity contribution in [1.29, 1.82) is 0 Å². The van der Waals surface area contributed by atoms with Gasteiger partial charge in [-0.1, -0.05) is 132 Å². The van der Waals surface area contributed by atoms with Crippen LogP contribution in [0.25, 0.3) is 0 Å². The van der Waals surface area contributed by atoms with Crippen molar-refractivity contribution < 1.29 is 10.2 Å². The highest BCUT2D eigenvalue weighted by Gasteiger charge is 2.33. The van der Waals surface area contributed by atoms with Crippen LogP contribution in [0.15, 0.2) is 24.3 Å². The van der Waals surface area contributed by atoms with E-state index in [1.165, 1.54) is 86.5 Å². The fourth-order valence-electron chi connectivity index (χ4n) is 8.04. The molecule has 0 aliphatic heterocycles. The number of hydrogen-bond acceptors (Lipinski definition) is 3. The molecule has 2 aliphatic carbocycles. The molecule has 2 nitrogen and oxygen atoms in total. The van der Waals surface area contributed by atoms with E-state index >= 15 is 0 Å². The third-order valence-electron chi connectivity index (χ3n) is 9.92. The fourth-order valence-corrected chi connectivity index (χ4v) is 10.0. The van der Waals surface area contributed by atoms with Gasteiger partial charge in [0.05, 0.1) is 0 Å². The molecule has 0 bridgehead atoms. The molecule has 3 heteroatoms. The van der Waals surface area contributed by atoms with Crippen molar-refractivity contribution in [3.63, 3.8) is 0 Å². The molecule has 43 heavy (non-hydrogen) atoms. The monoisotopic (exact) mass is 606 g/mol. The first-order chi connectivity index (χ1) is 19.9. The summed E-state index contributed by atoms with van der Waals surface area (Å²) in [5.74, 6) is 2.05. The number of benzene rings is 2. The quantitative estimate of drug-likeness (QED) is 0.314. The van der Waals surface area contributed by atoms with Crippen LogP contribution in [0.3, 0.4) is 0 Å².